The molecule has 0 aromatic heterocycles. The van der Waals surface area contributed by atoms with Crippen LogP contribution in [0.2, 0.25) is 0 Å². The lowest BCUT2D eigenvalue weighted by Crippen LogP contribution is -2.46. The van der Waals surface area contributed by atoms with E-state index in [1.54, 1.807) is 6.08 Å². The molecule has 0 bridgehead atoms. The smallest absolute Gasteiger partial charge is 0.267 e. The molecule has 7 heteroatoms. The predicted octanol–water partition coefficient (Wildman–Crippen LogP) is 9.57. The van der Waals surface area contributed by atoms with Crippen LogP contribution in [0.15, 0.2) is 48.6 Å². The zero-order chi connectivity index (χ0) is 31.9. The molecule has 0 aliphatic heterocycles. The van der Waals surface area contributed by atoms with Crippen LogP contribution >= 0.6 is 0 Å². The first-order valence-electron chi connectivity index (χ1n) is 17.3. The molecule has 2 atom stereocenters. The van der Waals surface area contributed by atoms with Crippen molar-refractivity contribution in [2.45, 2.75) is 167 Å². The second kappa shape index (κ2) is 30.3. The van der Waals surface area contributed by atoms with E-state index < -0.39 is 28.0 Å². The van der Waals surface area contributed by atoms with Crippen molar-refractivity contribution >= 4 is 16.0 Å². The SMILES string of the molecule is CCCCC/C=C\CCCCCCCC(=O)NC(CS(=O)(=O)O)C(O)/C=C/CC/C=C/CC/C=C/CCCCCCCC. The number of hydrogen-bond acceptors (Lipinski definition) is 4. The van der Waals surface area contributed by atoms with Gasteiger partial charge in [-0.25, -0.2) is 0 Å². The Balaban J connectivity index is 4.14. The predicted molar refractivity (Wildman–Crippen MR) is 184 cm³/mol. The Kier molecular flexibility index (Phi) is 29.1. The number of aliphatic hydroxyl groups excluding tert-OH is 1. The van der Waals surface area contributed by atoms with Gasteiger partial charge in [0.05, 0.1) is 17.9 Å². The quantitative estimate of drug-likeness (QED) is 0.0420. The van der Waals surface area contributed by atoms with Gasteiger partial charge in [0, 0.05) is 6.42 Å². The molecule has 43 heavy (non-hydrogen) atoms. The Bertz CT molecular complexity index is 863. The number of rotatable bonds is 30. The maximum absolute atomic E-state index is 12.4. The fraction of sp³-hybridized carbons (Fsp3) is 0.750. The molecule has 2 unspecified atom stereocenters. The minimum atomic E-state index is -4.35. The van der Waals surface area contributed by atoms with Crippen LogP contribution in [0, 0.1) is 0 Å². The number of carbonyl (C=O) groups is 1. The highest BCUT2D eigenvalue weighted by molar-refractivity contribution is 7.85. The molecule has 0 aromatic carbocycles. The molecule has 0 radical (unpaired) electrons. The fourth-order valence-electron chi connectivity index (χ4n) is 4.83. The van der Waals surface area contributed by atoms with Crippen LogP contribution in [0.1, 0.15) is 155 Å². The normalized spacial score (nSPS) is 14.0. The first kappa shape index (κ1) is 41.3. The van der Waals surface area contributed by atoms with E-state index in [-0.39, 0.29) is 12.3 Å². The lowest BCUT2D eigenvalue weighted by Gasteiger charge is -2.21. The molecule has 0 spiro atoms. The van der Waals surface area contributed by atoms with E-state index in [1.165, 1.54) is 76.7 Å². The van der Waals surface area contributed by atoms with Gasteiger partial charge in [0.2, 0.25) is 5.91 Å². The molecule has 1 amide bonds. The van der Waals surface area contributed by atoms with Crippen LogP contribution in [0.3, 0.4) is 0 Å². The third-order valence-electron chi connectivity index (χ3n) is 7.46. The fourth-order valence-corrected chi connectivity index (χ4v) is 5.56. The van der Waals surface area contributed by atoms with E-state index >= 15 is 0 Å². The van der Waals surface area contributed by atoms with Crippen LogP contribution in [-0.4, -0.2) is 41.9 Å². The standard InChI is InChI=1S/C36H65NO5S/c1-3-5-7-9-11-13-15-17-18-19-20-21-23-25-27-29-31-35(38)34(33-43(40,41)42)37-36(39)32-30-28-26-24-22-16-14-12-10-8-6-4-2/h12,14,17-18,21,23,29,31,34-35,38H,3-11,13,15-16,19-20,22,24-28,30,32-33H2,1-2H3,(H,37,39)(H,40,41,42)/b14-12-,18-17+,23-21+,31-29+. The second-order valence-corrected chi connectivity index (χ2v) is 13.3. The largest absolute Gasteiger partial charge is 0.387 e. The van der Waals surface area contributed by atoms with Gasteiger partial charge in [-0.05, 0) is 70.6 Å². The Hall–Kier alpha value is -1.70. The van der Waals surface area contributed by atoms with Crippen molar-refractivity contribution < 1.29 is 22.9 Å². The molecule has 0 aliphatic rings. The van der Waals surface area contributed by atoms with Crippen LogP contribution in [0.25, 0.3) is 0 Å². The molecule has 0 fully saturated rings. The van der Waals surface area contributed by atoms with Crippen molar-refractivity contribution in [1.29, 1.82) is 0 Å². The molecule has 0 rings (SSSR count). The van der Waals surface area contributed by atoms with Gasteiger partial charge in [0.15, 0.2) is 0 Å². The second-order valence-electron chi connectivity index (χ2n) is 11.8. The summed E-state index contributed by atoms with van der Waals surface area (Å²) in [6, 6.07) is -1.08. The van der Waals surface area contributed by atoms with Crippen molar-refractivity contribution in [3.8, 4) is 0 Å². The average molecular weight is 624 g/mol. The maximum Gasteiger partial charge on any atom is 0.267 e. The minimum absolute atomic E-state index is 0.273. The number of allylic oxidation sites excluding steroid dienone is 7. The summed E-state index contributed by atoms with van der Waals surface area (Å²) >= 11 is 0. The number of unbranched alkanes of at least 4 members (excludes halogenated alkanes) is 16. The van der Waals surface area contributed by atoms with Crippen molar-refractivity contribution in [2.24, 2.45) is 0 Å². The van der Waals surface area contributed by atoms with E-state index in [0.717, 1.165) is 51.4 Å². The molecule has 0 aromatic rings. The Morgan fingerprint density at radius 2 is 1.00 bits per heavy atom. The van der Waals surface area contributed by atoms with Gasteiger partial charge in [-0.2, -0.15) is 8.42 Å². The summed E-state index contributed by atoms with van der Waals surface area (Å²) in [5, 5.41) is 13.1. The van der Waals surface area contributed by atoms with Gasteiger partial charge in [-0.1, -0.05) is 127 Å². The van der Waals surface area contributed by atoms with Gasteiger partial charge in [-0.3, -0.25) is 9.35 Å². The summed E-state index contributed by atoms with van der Waals surface area (Å²) in [6.45, 7) is 4.46. The van der Waals surface area contributed by atoms with E-state index in [4.69, 9.17) is 0 Å². The number of hydrogen-bond donors (Lipinski definition) is 3. The average Bonchev–Trinajstić information content (AvgIpc) is 2.96. The number of aliphatic hydroxyl groups is 1. The Morgan fingerprint density at radius 3 is 1.51 bits per heavy atom. The van der Waals surface area contributed by atoms with E-state index in [1.807, 2.05) is 0 Å². The highest BCUT2D eigenvalue weighted by Crippen LogP contribution is 2.10. The molecule has 6 nitrogen and oxygen atoms in total. The van der Waals surface area contributed by atoms with Crippen molar-refractivity contribution in [1.82, 2.24) is 5.32 Å². The van der Waals surface area contributed by atoms with Crippen molar-refractivity contribution in [3.63, 3.8) is 0 Å². The first-order chi connectivity index (χ1) is 20.8. The van der Waals surface area contributed by atoms with Gasteiger partial charge in [0.1, 0.15) is 0 Å². The molecular weight excluding hydrogens is 558 g/mol. The number of amides is 1. The molecule has 0 saturated heterocycles. The Morgan fingerprint density at radius 1 is 0.605 bits per heavy atom. The first-order valence-corrected chi connectivity index (χ1v) is 18.9. The van der Waals surface area contributed by atoms with Crippen molar-refractivity contribution in [3.05, 3.63) is 48.6 Å². The topological polar surface area (TPSA) is 104 Å². The summed E-state index contributed by atoms with van der Waals surface area (Å²) in [5.74, 6) is -1.03. The van der Waals surface area contributed by atoms with Gasteiger partial charge in [0.25, 0.3) is 10.1 Å². The van der Waals surface area contributed by atoms with Crippen LogP contribution in [-0.2, 0) is 14.9 Å². The summed E-state index contributed by atoms with van der Waals surface area (Å²) in [4.78, 5) is 12.4. The van der Waals surface area contributed by atoms with Crippen LogP contribution < -0.4 is 5.32 Å². The summed E-state index contributed by atoms with van der Waals surface area (Å²) in [6.07, 6.45) is 39.5. The molecule has 0 heterocycles. The van der Waals surface area contributed by atoms with Crippen LogP contribution in [0.4, 0.5) is 0 Å². The Labute approximate surface area is 265 Å². The van der Waals surface area contributed by atoms with Crippen LogP contribution in [0.5, 0.6) is 0 Å². The lowest BCUT2D eigenvalue weighted by molar-refractivity contribution is -0.122. The lowest BCUT2D eigenvalue weighted by atomic mass is 10.1. The minimum Gasteiger partial charge on any atom is -0.387 e. The summed E-state index contributed by atoms with van der Waals surface area (Å²) in [5.41, 5.74) is 0. The van der Waals surface area contributed by atoms with Gasteiger partial charge < -0.3 is 10.4 Å². The van der Waals surface area contributed by atoms with Gasteiger partial charge in [-0.15, -0.1) is 0 Å². The van der Waals surface area contributed by atoms with Crippen molar-refractivity contribution in [2.75, 3.05) is 5.75 Å². The number of nitrogens with one attached hydrogen (secondary N) is 1. The highest BCUT2D eigenvalue weighted by atomic mass is 32.2. The molecule has 0 aliphatic carbocycles. The molecule has 0 saturated carbocycles. The molecular formula is C36H65NO5S. The monoisotopic (exact) mass is 623 g/mol. The third-order valence-corrected chi connectivity index (χ3v) is 8.24. The third kappa shape index (κ3) is 31.5. The van der Waals surface area contributed by atoms with Gasteiger partial charge >= 0.3 is 0 Å². The summed E-state index contributed by atoms with van der Waals surface area (Å²) < 4.78 is 32.3. The highest BCUT2D eigenvalue weighted by Gasteiger charge is 2.24. The zero-order valence-electron chi connectivity index (χ0n) is 27.6. The maximum atomic E-state index is 12.4. The van der Waals surface area contributed by atoms with E-state index in [9.17, 15) is 22.9 Å². The molecule has 250 valence electrons. The summed E-state index contributed by atoms with van der Waals surface area (Å²) in [7, 11) is -4.35. The molecule has 3 N–H and O–H groups in total. The van der Waals surface area contributed by atoms with E-state index in [0.29, 0.717) is 12.8 Å². The van der Waals surface area contributed by atoms with E-state index in [2.05, 4.69) is 55.6 Å². The zero-order valence-corrected chi connectivity index (χ0v) is 28.4. The number of carbonyl (C=O) groups excluding carboxylic acids is 1.